The van der Waals surface area contributed by atoms with Crippen LogP contribution < -0.4 is 10.6 Å². The number of carbonyl (C=O) groups is 2. The number of amides is 2. The molecule has 8 rings (SSSR count). The maximum absolute atomic E-state index is 13.3. The molecule has 0 radical (unpaired) electrons. The fraction of sp³-hybridized carbons (Fsp3) is 0.400. The molecule has 2 aromatic heterocycles. The lowest BCUT2D eigenvalue weighted by Crippen LogP contribution is -3.12. The Labute approximate surface area is 157 Å². The number of anilines is 2. The number of hydrogen-bond acceptors (Lipinski definition) is 4. The molecule has 28 heavy (non-hydrogen) atoms. The second kappa shape index (κ2) is 4.24. The summed E-state index contributed by atoms with van der Waals surface area (Å²) >= 11 is 0. The van der Waals surface area contributed by atoms with Crippen molar-refractivity contribution in [2.24, 2.45) is 46.3 Å². The SMILES string of the molecule is O=C(Nc1cncc(F)c1)C12C3C4C1C1C2C3C41C(=O)Nc1cncc(F)c1. The molecule has 8 heteroatoms. The zero-order valence-corrected chi connectivity index (χ0v) is 14.4. The predicted molar refractivity (Wildman–Crippen MR) is 91.5 cm³/mol. The number of rotatable bonds is 4. The average Bonchev–Trinajstić information content (AvgIpc) is 2.67. The van der Waals surface area contributed by atoms with E-state index in [1.165, 1.54) is 24.5 Å². The zero-order chi connectivity index (χ0) is 19.0. The van der Waals surface area contributed by atoms with E-state index in [1.807, 2.05) is 0 Å². The van der Waals surface area contributed by atoms with E-state index in [-0.39, 0.29) is 58.2 Å². The standard InChI is InChI=1S/C20H14F2N4O2/c21-7-1-9(5-23-3-7)25-17(27)19-11-14-12(19)16-13(19)15(11)20(14,16)18(28)26-10-2-8(22)4-24-6-10/h1-6,11-16H,(H,25,27)(H,26,28). The van der Waals surface area contributed by atoms with Crippen molar-refractivity contribution >= 4 is 23.2 Å². The Morgan fingerprint density at radius 1 is 0.714 bits per heavy atom. The van der Waals surface area contributed by atoms with Gasteiger partial charge >= 0.3 is 0 Å². The van der Waals surface area contributed by atoms with Crippen molar-refractivity contribution in [3.05, 3.63) is 48.6 Å². The highest BCUT2D eigenvalue weighted by Crippen LogP contribution is 3.10. The molecule has 2 aromatic rings. The Hall–Kier alpha value is -2.90. The van der Waals surface area contributed by atoms with Crippen LogP contribution in [0.5, 0.6) is 0 Å². The maximum Gasteiger partial charge on any atom is 0.231 e. The lowest BCUT2D eigenvalue weighted by Gasteiger charge is -3.09. The number of nitrogens with zero attached hydrogens (tertiary/aromatic N) is 2. The highest BCUT2D eigenvalue weighted by Gasteiger charge is 3.12. The smallest absolute Gasteiger partial charge is 0.231 e. The minimum Gasteiger partial charge on any atom is -0.324 e. The van der Waals surface area contributed by atoms with Gasteiger partial charge in [0.05, 0.1) is 47.0 Å². The Kier molecular flexibility index (Phi) is 2.28. The molecule has 2 heterocycles. The minimum absolute atomic E-state index is 0.0633. The van der Waals surface area contributed by atoms with Gasteiger partial charge in [0.2, 0.25) is 11.8 Å². The van der Waals surface area contributed by atoms with Crippen molar-refractivity contribution < 1.29 is 18.4 Å². The van der Waals surface area contributed by atoms with E-state index < -0.39 is 11.6 Å². The number of nitrogens with one attached hydrogen (secondary N) is 2. The molecule has 0 aliphatic heterocycles. The molecule has 0 aromatic carbocycles. The van der Waals surface area contributed by atoms with Crippen molar-refractivity contribution in [1.29, 1.82) is 0 Å². The van der Waals surface area contributed by atoms with Crippen molar-refractivity contribution in [1.82, 2.24) is 9.97 Å². The number of carbonyl (C=O) groups excluding carboxylic acids is 2. The first-order valence-electron chi connectivity index (χ1n) is 9.36. The Balaban J connectivity index is 1.10. The van der Waals surface area contributed by atoms with Gasteiger partial charge in [0.1, 0.15) is 11.6 Å². The molecule has 6 aliphatic carbocycles. The summed E-state index contributed by atoms with van der Waals surface area (Å²) in [5.41, 5.74) is -0.00164. The van der Waals surface area contributed by atoms with Crippen molar-refractivity contribution in [3.63, 3.8) is 0 Å². The third-order valence-electron chi connectivity index (χ3n) is 8.34. The van der Waals surface area contributed by atoms with E-state index >= 15 is 0 Å². The molecule has 6 nitrogen and oxygen atoms in total. The van der Waals surface area contributed by atoms with E-state index in [2.05, 4.69) is 20.6 Å². The van der Waals surface area contributed by atoms with E-state index in [9.17, 15) is 18.4 Å². The molecule has 0 unspecified atom stereocenters. The first-order valence-corrected chi connectivity index (χ1v) is 9.36. The lowest BCUT2D eigenvalue weighted by atomic mass is 8.92. The monoisotopic (exact) mass is 380 g/mol. The summed E-state index contributed by atoms with van der Waals surface area (Å²) in [6.07, 6.45) is 5.06. The van der Waals surface area contributed by atoms with E-state index in [1.54, 1.807) is 0 Å². The Morgan fingerprint density at radius 3 is 1.39 bits per heavy atom. The van der Waals surface area contributed by atoms with Gasteiger partial charge < -0.3 is 10.6 Å². The van der Waals surface area contributed by atoms with Crippen LogP contribution in [-0.4, -0.2) is 21.8 Å². The maximum atomic E-state index is 13.3. The van der Waals surface area contributed by atoms with Gasteiger partial charge in [-0.25, -0.2) is 8.78 Å². The van der Waals surface area contributed by atoms with Crippen LogP contribution >= 0.6 is 0 Å². The topological polar surface area (TPSA) is 84.0 Å². The van der Waals surface area contributed by atoms with Crippen LogP contribution in [0.4, 0.5) is 20.2 Å². The summed E-state index contributed by atoms with van der Waals surface area (Å²) < 4.78 is 26.6. The van der Waals surface area contributed by atoms with Crippen LogP contribution in [0.3, 0.4) is 0 Å². The zero-order valence-electron chi connectivity index (χ0n) is 14.4. The van der Waals surface area contributed by atoms with Crippen LogP contribution in [0.1, 0.15) is 0 Å². The third kappa shape index (κ3) is 1.20. The lowest BCUT2D eigenvalue weighted by molar-refractivity contribution is -0.622. The van der Waals surface area contributed by atoms with Crippen LogP contribution in [0, 0.1) is 58.0 Å². The average molecular weight is 380 g/mol. The first-order chi connectivity index (χ1) is 13.5. The van der Waals surface area contributed by atoms with Gasteiger partial charge in [0.15, 0.2) is 0 Å². The van der Waals surface area contributed by atoms with Crippen LogP contribution in [0.15, 0.2) is 36.9 Å². The van der Waals surface area contributed by atoms with Gasteiger partial charge in [-0.2, -0.15) is 0 Å². The summed E-state index contributed by atoms with van der Waals surface area (Å²) in [6, 6.07) is 2.52. The van der Waals surface area contributed by atoms with Crippen molar-refractivity contribution in [3.8, 4) is 0 Å². The summed E-state index contributed by atoms with van der Waals surface area (Å²) in [7, 11) is 0. The second-order valence-corrected chi connectivity index (χ2v) is 8.71. The highest BCUT2D eigenvalue weighted by molar-refractivity contribution is 6.08. The predicted octanol–water partition coefficient (Wildman–Crippen LogP) is 2.07. The summed E-state index contributed by atoms with van der Waals surface area (Å²) in [5, 5.41) is 5.63. The van der Waals surface area contributed by atoms with Crippen molar-refractivity contribution in [2.45, 2.75) is 0 Å². The Bertz CT molecular complexity index is 978. The first kappa shape index (κ1) is 15.1. The Morgan fingerprint density at radius 2 is 1.07 bits per heavy atom. The van der Waals surface area contributed by atoms with Gasteiger partial charge in [0.25, 0.3) is 0 Å². The summed E-state index contributed by atoms with van der Waals surface area (Å²) in [5.74, 6) is 0.338. The quantitative estimate of drug-likeness (QED) is 0.851. The molecular formula is C20H14F2N4O2. The minimum atomic E-state index is -0.491. The van der Waals surface area contributed by atoms with Crippen LogP contribution in [0.2, 0.25) is 0 Å². The van der Waals surface area contributed by atoms with E-state index in [4.69, 9.17) is 0 Å². The van der Waals surface area contributed by atoms with Gasteiger partial charge in [-0.3, -0.25) is 19.6 Å². The molecule has 2 amide bonds. The molecule has 6 fully saturated rings. The summed E-state index contributed by atoms with van der Waals surface area (Å²) in [6.45, 7) is 0. The molecule has 0 bridgehead atoms. The van der Waals surface area contributed by atoms with Crippen LogP contribution in [-0.2, 0) is 9.59 Å². The van der Waals surface area contributed by atoms with Gasteiger partial charge in [-0.1, -0.05) is 0 Å². The van der Waals surface area contributed by atoms with Gasteiger partial charge in [0, 0.05) is 12.1 Å². The molecule has 0 saturated heterocycles. The fourth-order valence-electron chi connectivity index (χ4n) is 7.88. The number of hydrogen-bond donors (Lipinski definition) is 2. The summed E-state index contributed by atoms with van der Waals surface area (Å²) in [4.78, 5) is 33.3. The second-order valence-electron chi connectivity index (χ2n) is 8.71. The molecule has 2 N–H and O–H groups in total. The highest BCUT2D eigenvalue weighted by atomic mass is 19.1. The van der Waals surface area contributed by atoms with Crippen LogP contribution in [0.25, 0.3) is 0 Å². The number of pyridine rings is 2. The molecule has 6 aliphatic rings. The number of halogens is 2. The molecular weight excluding hydrogens is 366 g/mol. The van der Waals surface area contributed by atoms with E-state index in [0.717, 1.165) is 12.4 Å². The largest absolute Gasteiger partial charge is 0.324 e. The van der Waals surface area contributed by atoms with Gasteiger partial charge in [-0.05, 0) is 35.5 Å². The normalized spacial score (nSPS) is 43.9. The fourth-order valence-corrected chi connectivity index (χ4v) is 7.88. The van der Waals surface area contributed by atoms with Crippen molar-refractivity contribution in [2.75, 3.05) is 10.6 Å². The third-order valence-corrected chi connectivity index (χ3v) is 8.34. The number of aromatic nitrogens is 2. The molecule has 6 saturated carbocycles. The molecule has 140 valence electrons. The van der Waals surface area contributed by atoms with Gasteiger partial charge in [-0.15, -0.1) is 0 Å². The molecule has 0 spiro atoms. The van der Waals surface area contributed by atoms with E-state index in [0.29, 0.717) is 11.4 Å². The molecule has 0 atom stereocenters.